The summed E-state index contributed by atoms with van der Waals surface area (Å²) in [6.45, 7) is 15.9. The predicted octanol–water partition coefficient (Wildman–Crippen LogP) is 4.63. The summed E-state index contributed by atoms with van der Waals surface area (Å²) < 4.78 is 11.0. The molecule has 0 heterocycles. The van der Waals surface area contributed by atoms with E-state index in [1.165, 1.54) is 9.47 Å². The number of rotatable bonds is 11. The van der Waals surface area contributed by atoms with Gasteiger partial charge in [0, 0.05) is 24.5 Å². The Balaban J connectivity index is 0.00000436. The highest BCUT2D eigenvalue weighted by atomic mass is 31.0. The summed E-state index contributed by atoms with van der Waals surface area (Å²) in [4.78, 5) is 32.6. The Labute approximate surface area is 188 Å². The van der Waals surface area contributed by atoms with E-state index in [1.807, 2.05) is 65.8 Å². The first-order valence-corrected chi connectivity index (χ1v) is 10.7. The Hall–Kier alpha value is -2.11. The predicted molar refractivity (Wildman–Crippen MR) is 131 cm³/mol. The second-order valence-electron chi connectivity index (χ2n) is 6.67. The van der Waals surface area contributed by atoms with Gasteiger partial charge < -0.3 is 19.7 Å². The van der Waals surface area contributed by atoms with Crippen molar-refractivity contribution in [2.24, 2.45) is 0 Å². The van der Waals surface area contributed by atoms with E-state index >= 15 is 0 Å². The van der Waals surface area contributed by atoms with E-state index in [4.69, 9.17) is 14.4 Å². The van der Waals surface area contributed by atoms with Gasteiger partial charge in [0.1, 0.15) is 12.7 Å². The average molecular weight is 450 g/mol. The number of ketones is 1. The Morgan fingerprint density at radius 3 is 2.35 bits per heavy atom. The Morgan fingerprint density at radius 2 is 1.84 bits per heavy atom. The molecule has 0 saturated heterocycles. The standard InChI is InChI=1S/C24H33NO4.H3OP/c1-8-12-13-19(9-2)24(29-11-4)23(27)21-16(5)14-17(6)22(18(21)7)25-20(26)15-28-10-3;1-2/h8-9,12-14,24H,2,10-11,15H2,1,3-7H3,(H,25,26);1H,2H2/b12-8-,19-13+;. The van der Waals surface area contributed by atoms with Crippen molar-refractivity contribution in [3.05, 3.63) is 64.8 Å². The van der Waals surface area contributed by atoms with Gasteiger partial charge in [0.25, 0.3) is 0 Å². The quantitative estimate of drug-likeness (QED) is 0.292. The lowest BCUT2D eigenvalue weighted by molar-refractivity contribution is -0.120. The van der Waals surface area contributed by atoms with Gasteiger partial charge in [0.2, 0.25) is 5.91 Å². The third kappa shape index (κ3) is 8.50. The molecule has 0 aromatic heterocycles. The average Bonchev–Trinajstić information content (AvgIpc) is 2.76. The van der Waals surface area contributed by atoms with Crippen LogP contribution in [0, 0.1) is 20.8 Å². The molecule has 0 bridgehead atoms. The summed E-state index contributed by atoms with van der Waals surface area (Å²) in [5, 5.41) is 2.88. The van der Waals surface area contributed by atoms with Gasteiger partial charge in [-0.1, -0.05) is 36.9 Å². The fraction of sp³-hybridized carbons (Fsp3) is 0.417. The van der Waals surface area contributed by atoms with Crippen LogP contribution in [0.25, 0.3) is 0 Å². The van der Waals surface area contributed by atoms with Crippen LogP contribution in [0.5, 0.6) is 0 Å². The third-order valence-electron chi connectivity index (χ3n) is 4.51. The van der Waals surface area contributed by atoms with E-state index in [9.17, 15) is 9.59 Å². The van der Waals surface area contributed by atoms with Crippen LogP contribution in [-0.2, 0) is 14.3 Å². The van der Waals surface area contributed by atoms with Gasteiger partial charge in [-0.25, -0.2) is 0 Å². The number of ether oxygens (including phenoxy) is 2. The number of nitrogens with one attached hydrogen (secondary N) is 1. The van der Waals surface area contributed by atoms with Crippen LogP contribution in [0.3, 0.4) is 0 Å². The van der Waals surface area contributed by atoms with Crippen molar-refractivity contribution in [2.45, 2.75) is 47.6 Å². The highest BCUT2D eigenvalue weighted by molar-refractivity contribution is 7.08. The highest BCUT2D eigenvalue weighted by Crippen LogP contribution is 2.29. The van der Waals surface area contributed by atoms with Crippen LogP contribution in [0.2, 0.25) is 0 Å². The summed E-state index contributed by atoms with van der Waals surface area (Å²) in [6, 6.07) is 1.91. The molecule has 1 aromatic rings. The molecule has 0 fully saturated rings. The summed E-state index contributed by atoms with van der Waals surface area (Å²) in [6.07, 6.45) is 6.44. The van der Waals surface area contributed by atoms with E-state index in [0.29, 0.717) is 30.0 Å². The summed E-state index contributed by atoms with van der Waals surface area (Å²) in [7, 11) is 1.42. The van der Waals surface area contributed by atoms with Gasteiger partial charge in [-0.2, -0.15) is 0 Å². The number of amides is 1. The molecular weight excluding hydrogens is 413 g/mol. The first kappa shape index (κ1) is 28.9. The molecule has 31 heavy (non-hydrogen) atoms. The second-order valence-corrected chi connectivity index (χ2v) is 6.67. The third-order valence-corrected chi connectivity index (χ3v) is 4.51. The summed E-state index contributed by atoms with van der Waals surface area (Å²) in [5.74, 6) is -0.403. The van der Waals surface area contributed by atoms with Crippen molar-refractivity contribution in [3.63, 3.8) is 0 Å². The van der Waals surface area contributed by atoms with Gasteiger partial charge in [0.05, 0.1) is 0 Å². The van der Waals surface area contributed by atoms with Crippen molar-refractivity contribution in [1.82, 2.24) is 0 Å². The molecule has 1 amide bonds. The fourth-order valence-corrected chi connectivity index (χ4v) is 3.22. The van der Waals surface area contributed by atoms with Gasteiger partial charge >= 0.3 is 0 Å². The second kappa shape index (κ2) is 15.7. The van der Waals surface area contributed by atoms with Crippen LogP contribution in [0.1, 0.15) is 47.8 Å². The number of carbonyl (C=O) groups excluding carboxylic acids is 2. The topological polar surface area (TPSA) is 84.9 Å². The largest absolute Gasteiger partial charge is 0.380 e. The summed E-state index contributed by atoms with van der Waals surface area (Å²) in [5.41, 5.74) is 4.33. The molecule has 0 radical (unpaired) electrons. The first-order valence-electron chi connectivity index (χ1n) is 10.2. The Morgan fingerprint density at radius 1 is 1.19 bits per heavy atom. The molecule has 0 aliphatic carbocycles. The molecule has 2 N–H and O–H groups in total. The van der Waals surface area contributed by atoms with Crippen LogP contribution >= 0.6 is 9.47 Å². The van der Waals surface area contributed by atoms with Crippen LogP contribution < -0.4 is 5.32 Å². The fourth-order valence-electron chi connectivity index (χ4n) is 3.22. The van der Waals surface area contributed by atoms with Crippen LogP contribution in [-0.4, -0.2) is 42.5 Å². The molecule has 172 valence electrons. The molecule has 6 nitrogen and oxygen atoms in total. The number of hydrogen-bond donors (Lipinski definition) is 2. The molecule has 0 spiro atoms. The molecule has 2 unspecified atom stereocenters. The van der Waals surface area contributed by atoms with Gasteiger partial charge in [-0.05, 0) is 73.3 Å². The maximum atomic E-state index is 13.5. The van der Waals surface area contributed by atoms with Crippen LogP contribution in [0.15, 0.2) is 42.5 Å². The van der Waals surface area contributed by atoms with Crippen LogP contribution in [0.4, 0.5) is 5.69 Å². The monoisotopic (exact) mass is 449 g/mol. The highest BCUT2D eigenvalue weighted by Gasteiger charge is 2.27. The van der Waals surface area contributed by atoms with Crippen molar-refractivity contribution >= 4 is 26.8 Å². The zero-order valence-corrected chi connectivity index (χ0v) is 20.6. The normalized spacial score (nSPS) is 12.2. The van der Waals surface area contributed by atoms with Crippen molar-refractivity contribution in [3.8, 4) is 0 Å². The van der Waals surface area contributed by atoms with E-state index in [0.717, 1.165) is 16.7 Å². The zero-order valence-electron chi connectivity index (χ0n) is 19.5. The number of hydrogen-bond acceptors (Lipinski definition) is 5. The molecule has 1 aromatic carbocycles. The Kier molecular flexibility index (Phi) is 14.6. The van der Waals surface area contributed by atoms with Gasteiger partial charge in [0.15, 0.2) is 5.78 Å². The number of Topliss-reactive ketones (excluding diaryl/α,β-unsaturated/α-hetero) is 1. The number of allylic oxidation sites excluding steroid dienone is 3. The maximum Gasteiger partial charge on any atom is 0.250 e. The molecule has 0 aliphatic rings. The molecule has 0 aliphatic heterocycles. The van der Waals surface area contributed by atoms with Crippen molar-refractivity contribution < 1.29 is 24.0 Å². The molecule has 2 atom stereocenters. The van der Waals surface area contributed by atoms with E-state index in [-0.39, 0.29) is 18.3 Å². The van der Waals surface area contributed by atoms with Gasteiger partial charge in [-0.15, -0.1) is 0 Å². The maximum absolute atomic E-state index is 13.5. The zero-order chi connectivity index (χ0) is 24.0. The van der Waals surface area contributed by atoms with E-state index in [1.54, 1.807) is 6.08 Å². The molecule has 0 saturated carbocycles. The smallest absolute Gasteiger partial charge is 0.250 e. The lowest BCUT2D eigenvalue weighted by Gasteiger charge is -2.22. The van der Waals surface area contributed by atoms with Crippen molar-refractivity contribution in [1.29, 1.82) is 0 Å². The minimum Gasteiger partial charge on any atom is -0.380 e. The SMILES string of the molecule is C=C/C(=C\C=C/C)C(OCC)C(=O)c1c(C)cc(C)c(NC(=O)COCC)c1C.OP. The van der Waals surface area contributed by atoms with E-state index in [2.05, 4.69) is 11.9 Å². The lowest BCUT2D eigenvalue weighted by atomic mass is 9.90. The number of anilines is 1. The number of aryl methyl sites for hydroxylation is 2. The summed E-state index contributed by atoms with van der Waals surface area (Å²) >= 11 is 0. The lowest BCUT2D eigenvalue weighted by Crippen LogP contribution is -2.28. The number of carbonyl (C=O) groups is 2. The number of benzene rings is 1. The molecular formula is C24H36NO5P. The minimum atomic E-state index is -0.763. The Bertz CT molecular complexity index is 815. The van der Waals surface area contributed by atoms with Crippen molar-refractivity contribution in [2.75, 3.05) is 25.1 Å². The van der Waals surface area contributed by atoms with Gasteiger partial charge in [-0.3, -0.25) is 9.59 Å². The van der Waals surface area contributed by atoms with E-state index < -0.39 is 6.10 Å². The molecule has 1 rings (SSSR count). The first-order chi connectivity index (χ1) is 14.8. The minimum absolute atomic E-state index is 0.0270. The molecule has 7 heteroatoms.